The van der Waals surface area contributed by atoms with E-state index >= 15 is 0 Å². The van der Waals surface area contributed by atoms with Gasteiger partial charge in [0, 0.05) is 38.2 Å². The van der Waals surface area contributed by atoms with E-state index in [4.69, 9.17) is 0 Å². The van der Waals surface area contributed by atoms with Gasteiger partial charge < -0.3 is 9.47 Å². The first-order valence-corrected chi connectivity index (χ1v) is 8.95. The highest BCUT2D eigenvalue weighted by molar-refractivity contribution is 7.89. The summed E-state index contributed by atoms with van der Waals surface area (Å²) < 4.78 is 29.3. The molecule has 3 rings (SSSR count). The van der Waals surface area contributed by atoms with Crippen LogP contribution >= 0.6 is 0 Å². The highest BCUT2D eigenvalue weighted by atomic mass is 32.2. The van der Waals surface area contributed by atoms with Crippen LogP contribution in [0.2, 0.25) is 0 Å². The minimum atomic E-state index is -3.55. The lowest BCUT2D eigenvalue weighted by atomic mass is 10.2. The number of anilines is 1. The topological polar surface area (TPSA) is 71.4 Å². The molecular formula is C16H19N3O3S. The molecule has 0 fully saturated rings. The van der Waals surface area contributed by atoms with E-state index in [0.717, 1.165) is 17.8 Å². The molecule has 1 aromatic carbocycles. The van der Waals surface area contributed by atoms with Crippen LogP contribution < -0.4 is 9.62 Å². The highest BCUT2D eigenvalue weighted by Crippen LogP contribution is 2.29. The van der Waals surface area contributed by atoms with E-state index in [0.29, 0.717) is 13.0 Å². The summed E-state index contributed by atoms with van der Waals surface area (Å²) in [7, 11) is -1.85. The van der Waals surface area contributed by atoms with Gasteiger partial charge in [-0.1, -0.05) is 0 Å². The van der Waals surface area contributed by atoms with Gasteiger partial charge in [0.1, 0.15) is 0 Å². The van der Waals surface area contributed by atoms with E-state index in [1.165, 1.54) is 0 Å². The van der Waals surface area contributed by atoms with Crippen LogP contribution in [0.3, 0.4) is 0 Å². The molecule has 1 aliphatic rings. The van der Waals surface area contributed by atoms with Crippen LogP contribution in [0.1, 0.15) is 12.0 Å². The van der Waals surface area contributed by atoms with Crippen molar-refractivity contribution in [3.05, 3.63) is 48.3 Å². The molecule has 0 saturated heterocycles. The van der Waals surface area contributed by atoms with Crippen LogP contribution in [0.15, 0.2) is 47.6 Å². The van der Waals surface area contributed by atoms with Crippen LogP contribution in [0, 0.1) is 0 Å². The quantitative estimate of drug-likeness (QED) is 0.812. The molecular weight excluding hydrogens is 314 g/mol. The molecule has 6 nitrogen and oxygen atoms in total. The van der Waals surface area contributed by atoms with Crippen LogP contribution in [0.25, 0.3) is 0 Å². The molecule has 0 saturated carbocycles. The van der Waals surface area contributed by atoms with Crippen molar-refractivity contribution < 1.29 is 13.2 Å². The Kier molecular flexibility index (Phi) is 4.23. The van der Waals surface area contributed by atoms with Gasteiger partial charge in [0.05, 0.1) is 11.3 Å². The number of nitrogens with zero attached hydrogens (tertiary/aromatic N) is 2. The summed E-state index contributed by atoms with van der Waals surface area (Å²) in [6, 6.07) is 8.70. The number of fused-ring (bicyclic) bond motifs is 1. The third-order valence-electron chi connectivity index (χ3n) is 3.99. The molecule has 0 radical (unpaired) electrons. The number of likely N-dealkylation sites (N-methyl/N-ethyl adjacent to an activating group) is 1. The SMILES string of the molecule is CN1C(=O)Cc2cc(S(=O)(=O)NCCCn3cccc3)ccc21. The Morgan fingerprint density at radius 2 is 1.96 bits per heavy atom. The van der Waals surface area contributed by atoms with Gasteiger partial charge in [-0.3, -0.25) is 4.79 Å². The van der Waals surface area contributed by atoms with Crippen molar-refractivity contribution in [2.45, 2.75) is 24.3 Å². The smallest absolute Gasteiger partial charge is 0.240 e. The van der Waals surface area contributed by atoms with Crippen molar-refractivity contribution in [2.75, 3.05) is 18.5 Å². The number of hydrogen-bond donors (Lipinski definition) is 1. The predicted molar refractivity (Wildman–Crippen MR) is 87.8 cm³/mol. The number of sulfonamides is 1. The van der Waals surface area contributed by atoms with Gasteiger partial charge in [0.2, 0.25) is 15.9 Å². The number of amides is 1. The fourth-order valence-corrected chi connectivity index (χ4v) is 3.81. The van der Waals surface area contributed by atoms with Crippen molar-refractivity contribution in [1.29, 1.82) is 0 Å². The zero-order chi connectivity index (χ0) is 16.4. The molecule has 1 aromatic heterocycles. The Hall–Kier alpha value is -2.12. The number of nitrogens with one attached hydrogen (secondary N) is 1. The lowest BCUT2D eigenvalue weighted by Crippen LogP contribution is -2.25. The van der Waals surface area contributed by atoms with Crippen molar-refractivity contribution in [1.82, 2.24) is 9.29 Å². The summed E-state index contributed by atoms with van der Waals surface area (Å²) in [5, 5.41) is 0. The monoisotopic (exact) mass is 333 g/mol. The number of carbonyl (C=O) groups is 1. The fraction of sp³-hybridized carbons (Fsp3) is 0.312. The van der Waals surface area contributed by atoms with Crippen molar-refractivity contribution in [3.63, 3.8) is 0 Å². The summed E-state index contributed by atoms with van der Waals surface area (Å²) in [6.45, 7) is 1.13. The van der Waals surface area contributed by atoms with Crippen LogP contribution in [-0.4, -0.2) is 32.5 Å². The van der Waals surface area contributed by atoms with Gasteiger partial charge in [0.25, 0.3) is 0 Å². The van der Waals surface area contributed by atoms with E-state index < -0.39 is 10.0 Å². The van der Waals surface area contributed by atoms with Gasteiger partial charge in [-0.15, -0.1) is 0 Å². The van der Waals surface area contributed by atoms with Crippen molar-refractivity contribution in [3.8, 4) is 0 Å². The maximum absolute atomic E-state index is 12.3. The summed E-state index contributed by atoms with van der Waals surface area (Å²) >= 11 is 0. The second-order valence-electron chi connectivity index (χ2n) is 5.59. The second kappa shape index (κ2) is 6.17. The van der Waals surface area contributed by atoms with Gasteiger partial charge >= 0.3 is 0 Å². The molecule has 0 aliphatic carbocycles. The lowest BCUT2D eigenvalue weighted by molar-refractivity contribution is -0.117. The molecule has 1 aliphatic heterocycles. The Bertz CT molecular complexity index is 813. The Morgan fingerprint density at radius 1 is 1.22 bits per heavy atom. The maximum Gasteiger partial charge on any atom is 0.240 e. The van der Waals surface area contributed by atoms with E-state index in [1.54, 1.807) is 30.1 Å². The Labute approximate surface area is 135 Å². The largest absolute Gasteiger partial charge is 0.354 e. The molecule has 2 heterocycles. The molecule has 122 valence electrons. The number of hydrogen-bond acceptors (Lipinski definition) is 3. The minimum Gasteiger partial charge on any atom is -0.354 e. The summed E-state index contributed by atoms with van der Waals surface area (Å²) in [6.07, 6.45) is 4.86. The zero-order valence-electron chi connectivity index (χ0n) is 12.9. The molecule has 23 heavy (non-hydrogen) atoms. The van der Waals surface area contributed by atoms with Crippen LogP contribution in [0.4, 0.5) is 5.69 Å². The van der Waals surface area contributed by atoms with Gasteiger partial charge in [-0.2, -0.15) is 0 Å². The van der Waals surface area contributed by atoms with Crippen LogP contribution in [0.5, 0.6) is 0 Å². The average Bonchev–Trinajstić information content (AvgIpc) is 3.13. The summed E-state index contributed by atoms with van der Waals surface area (Å²) in [5.41, 5.74) is 1.54. The molecule has 0 bridgehead atoms. The summed E-state index contributed by atoms with van der Waals surface area (Å²) in [4.78, 5) is 13.4. The predicted octanol–water partition coefficient (Wildman–Crippen LogP) is 1.38. The van der Waals surface area contributed by atoms with E-state index in [-0.39, 0.29) is 17.2 Å². The average molecular weight is 333 g/mol. The van der Waals surface area contributed by atoms with Gasteiger partial charge in [-0.05, 0) is 42.3 Å². The lowest BCUT2D eigenvalue weighted by Gasteiger charge is -2.11. The maximum atomic E-state index is 12.3. The van der Waals surface area contributed by atoms with Crippen molar-refractivity contribution >= 4 is 21.6 Å². The Balaban J connectivity index is 1.64. The first-order valence-electron chi connectivity index (χ1n) is 7.47. The van der Waals surface area contributed by atoms with Crippen LogP contribution in [-0.2, 0) is 27.8 Å². The number of aromatic nitrogens is 1. The van der Waals surface area contributed by atoms with Crippen molar-refractivity contribution in [2.24, 2.45) is 0 Å². The first kappa shape index (κ1) is 15.8. The molecule has 0 unspecified atom stereocenters. The number of carbonyl (C=O) groups excluding carboxylic acids is 1. The molecule has 2 aromatic rings. The molecule has 1 amide bonds. The summed E-state index contributed by atoms with van der Waals surface area (Å²) in [5.74, 6) is -0.0192. The van der Waals surface area contributed by atoms with E-state index in [1.807, 2.05) is 29.1 Å². The first-order chi connectivity index (χ1) is 11.0. The van der Waals surface area contributed by atoms with E-state index in [9.17, 15) is 13.2 Å². The molecule has 7 heteroatoms. The van der Waals surface area contributed by atoms with Gasteiger partial charge in [-0.25, -0.2) is 13.1 Å². The Morgan fingerprint density at radius 3 is 2.70 bits per heavy atom. The van der Waals surface area contributed by atoms with E-state index in [2.05, 4.69) is 4.72 Å². The highest BCUT2D eigenvalue weighted by Gasteiger charge is 2.26. The molecule has 0 spiro atoms. The minimum absolute atomic E-state index is 0.0192. The van der Waals surface area contributed by atoms with Gasteiger partial charge in [0.15, 0.2) is 0 Å². The second-order valence-corrected chi connectivity index (χ2v) is 7.36. The number of aryl methyl sites for hydroxylation is 1. The normalized spacial score (nSPS) is 14.3. The zero-order valence-corrected chi connectivity index (χ0v) is 13.7. The molecule has 0 atom stereocenters. The third kappa shape index (κ3) is 3.30. The molecule has 1 N–H and O–H groups in total. The fourth-order valence-electron chi connectivity index (χ4n) is 2.68. The standard InChI is InChI=1S/C16H19N3O3S/c1-18-15-6-5-14(11-13(15)12-16(18)20)23(21,22)17-7-4-10-19-8-2-3-9-19/h2-3,5-6,8-9,11,17H,4,7,10,12H2,1H3. The third-order valence-corrected chi connectivity index (χ3v) is 5.45. The number of rotatable bonds is 6. The number of benzene rings is 1.